The molecular formula is C25H29ClN2O4. The molecule has 0 unspecified atom stereocenters. The molecule has 2 aromatic rings. The van der Waals surface area contributed by atoms with E-state index in [1.54, 1.807) is 24.3 Å². The fourth-order valence-electron chi connectivity index (χ4n) is 3.89. The van der Waals surface area contributed by atoms with Gasteiger partial charge in [0.15, 0.2) is 18.1 Å². The lowest BCUT2D eigenvalue weighted by Crippen LogP contribution is -2.40. The molecule has 0 radical (unpaired) electrons. The smallest absolute Gasteiger partial charge is 0.255 e. The Bertz CT molecular complexity index is 953. The summed E-state index contributed by atoms with van der Waals surface area (Å²) in [4.78, 5) is 26.1. The Morgan fingerprint density at radius 3 is 2.47 bits per heavy atom. The van der Waals surface area contributed by atoms with Crippen molar-refractivity contribution in [2.75, 3.05) is 13.7 Å². The van der Waals surface area contributed by atoms with E-state index >= 15 is 0 Å². The SMILES string of the molecule is COc1cc(CN(C(=O)/C=C/c2ccc(Cl)cc2)C2CCCCC2)ccc1OCC(N)=O. The minimum Gasteiger partial charge on any atom is -0.493 e. The van der Waals surface area contributed by atoms with Gasteiger partial charge in [0.25, 0.3) is 5.91 Å². The van der Waals surface area contributed by atoms with Crippen molar-refractivity contribution in [1.29, 1.82) is 0 Å². The average Bonchev–Trinajstić information content (AvgIpc) is 2.81. The monoisotopic (exact) mass is 456 g/mol. The molecule has 2 amide bonds. The number of benzene rings is 2. The molecule has 6 nitrogen and oxygen atoms in total. The van der Waals surface area contributed by atoms with Crippen molar-refractivity contribution in [3.05, 3.63) is 64.7 Å². The highest BCUT2D eigenvalue weighted by molar-refractivity contribution is 6.30. The van der Waals surface area contributed by atoms with Gasteiger partial charge in [0.1, 0.15) is 0 Å². The predicted molar refractivity (Wildman–Crippen MR) is 126 cm³/mol. The molecule has 2 aromatic carbocycles. The van der Waals surface area contributed by atoms with Crippen LogP contribution in [-0.4, -0.2) is 36.5 Å². The van der Waals surface area contributed by atoms with Crippen LogP contribution in [0.15, 0.2) is 48.5 Å². The first kappa shape index (κ1) is 23.7. The maximum Gasteiger partial charge on any atom is 0.255 e. The molecule has 1 aliphatic carbocycles. The molecule has 170 valence electrons. The molecule has 7 heteroatoms. The summed E-state index contributed by atoms with van der Waals surface area (Å²) in [5.41, 5.74) is 7.00. The van der Waals surface area contributed by atoms with Gasteiger partial charge in [0.2, 0.25) is 5.91 Å². The van der Waals surface area contributed by atoms with Crippen molar-refractivity contribution in [3.63, 3.8) is 0 Å². The normalized spacial score (nSPS) is 14.3. The van der Waals surface area contributed by atoms with E-state index in [0.29, 0.717) is 23.1 Å². The van der Waals surface area contributed by atoms with E-state index in [1.807, 2.05) is 35.2 Å². The highest BCUT2D eigenvalue weighted by Gasteiger charge is 2.24. The van der Waals surface area contributed by atoms with Gasteiger partial charge in [-0.25, -0.2) is 0 Å². The summed E-state index contributed by atoms with van der Waals surface area (Å²) in [7, 11) is 1.54. The lowest BCUT2D eigenvalue weighted by atomic mass is 9.93. The fraction of sp³-hybridized carbons (Fsp3) is 0.360. The molecule has 0 spiro atoms. The van der Waals surface area contributed by atoms with E-state index in [2.05, 4.69) is 0 Å². The van der Waals surface area contributed by atoms with Crippen molar-refractivity contribution in [1.82, 2.24) is 4.90 Å². The van der Waals surface area contributed by atoms with Crippen LogP contribution in [0.25, 0.3) is 6.08 Å². The number of methoxy groups -OCH3 is 1. The maximum atomic E-state index is 13.2. The standard InChI is InChI=1S/C25H29ClN2O4/c1-31-23-15-19(9-13-22(23)32-17-24(27)29)16-28(21-5-3-2-4-6-21)25(30)14-10-18-7-11-20(26)12-8-18/h7-15,21H,2-6,16-17H2,1H3,(H2,27,29)/b14-10+. The topological polar surface area (TPSA) is 81.9 Å². The third-order valence-electron chi connectivity index (χ3n) is 5.54. The first-order chi connectivity index (χ1) is 15.5. The summed E-state index contributed by atoms with van der Waals surface area (Å²) < 4.78 is 10.8. The van der Waals surface area contributed by atoms with E-state index in [-0.39, 0.29) is 18.6 Å². The van der Waals surface area contributed by atoms with Gasteiger partial charge in [-0.2, -0.15) is 0 Å². The van der Waals surface area contributed by atoms with Crippen LogP contribution < -0.4 is 15.2 Å². The molecule has 0 bridgehead atoms. The number of hydrogen-bond acceptors (Lipinski definition) is 4. The van der Waals surface area contributed by atoms with Gasteiger partial charge in [-0.05, 0) is 54.3 Å². The predicted octanol–water partition coefficient (Wildman–Crippen LogP) is 4.59. The molecule has 1 aliphatic rings. The third kappa shape index (κ3) is 6.76. The van der Waals surface area contributed by atoms with Crippen molar-refractivity contribution in [2.45, 2.75) is 44.7 Å². The van der Waals surface area contributed by atoms with Gasteiger partial charge < -0.3 is 20.1 Å². The van der Waals surface area contributed by atoms with Crippen LogP contribution in [0.4, 0.5) is 0 Å². The number of carbonyl (C=O) groups excluding carboxylic acids is 2. The van der Waals surface area contributed by atoms with Crippen molar-refractivity contribution in [3.8, 4) is 11.5 Å². The van der Waals surface area contributed by atoms with Gasteiger partial charge in [0, 0.05) is 23.7 Å². The zero-order chi connectivity index (χ0) is 22.9. The fourth-order valence-corrected chi connectivity index (χ4v) is 4.02. The summed E-state index contributed by atoms with van der Waals surface area (Å²) in [5.74, 6) is 0.349. The minimum atomic E-state index is -0.558. The number of nitrogens with two attached hydrogens (primary N) is 1. The van der Waals surface area contributed by atoms with E-state index in [0.717, 1.165) is 36.8 Å². The summed E-state index contributed by atoms with van der Waals surface area (Å²) in [6, 6.07) is 13.0. The largest absolute Gasteiger partial charge is 0.493 e. The van der Waals surface area contributed by atoms with Crippen LogP contribution in [0.1, 0.15) is 43.2 Å². The Kier molecular flexibility index (Phi) is 8.56. The number of carbonyl (C=O) groups is 2. The minimum absolute atomic E-state index is 0.0279. The molecule has 0 saturated heterocycles. The lowest BCUT2D eigenvalue weighted by Gasteiger charge is -2.34. The molecule has 0 aromatic heterocycles. The van der Waals surface area contributed by atoms with Crippen LogP contribution in [-0.2, 0) is 16.1 Å². The van der Waals surface area contributed by atoms with E-state index in [1.165, 1.54) is 13.5 Å². The zero-order valence-electron chi connectivity index (χ0n) is 18.3. The Balaban J connectivity index is 1.78. The number of rotatable bonds is 9. The second-order valence-corrected chi connectivity index (χ2v) is 8.32. The molecule has 1 saturated carbocycles. The summed E-state index contributed by atoms with van der Waals surface area (Å²) in [6.07, 6.45) is 8.89. The van der Waals surface area contributed by atoms with E-state index in [4.69, 9.17) is 26.8 Å². The molecular weight excluding hydrogens is 428 g/mol. The number of nitrogens with zero attached hydrogens (tertiary/aromatic N) is 1. The summed E-state index contributed by atoms with van der Waals surface area (Å²) in [5, 5.41) is 0.662. The zero-order valence-corrected chi connectivity index (χ0v) is 19.0. The Morgan fingerprint density at radius 1 is 1.09 bits per heavy atom. The van der Waals surface area contributed by atoms with Crippen molar-refractivity contribution < 1.29 is 19.1 Å². The van der Waals surface area contributed by atoms with E-state index < -0.39 is 5.91 Å². The first-order valence-corrected chi connectivity index (χ1v) is 11.2. The number of amides is 2. The van der Waals surface area contributed by atoms with Gasteiger partial charge >= 0.3 is 0 Å². The number of primary amides is 1. The van der Waals surface area contributed by atoms with Gasteiger partial charge in [0.05, 0.1) is 7.11 Å². The maximum absolute atomic E-state index is 13.2. The third-order valence-corrected chi connectivity index (χ3v) is 5.79. The van der Waals surface area contributed by atoms with Crippen molar-refractivity contribution >= 4 is 29.5 Å². The van der Waals surface area contributed by atoms with Gasteiger partial charge in [-0.1, -0.05) is 49.1 Å². The van der Waals surface area contributed by atoms with Crippen LogP contribution in [0.5, 0.6) is 11.5 Å². The number of halogens is 1. The first-order valence-electron chi connectivity index (χ1n) is 10.8. The summed E-state index contributed by atoms with van der Waals surface area (Å²) >= 11 is 5.95. The molecule has 32 heavy (non-hydrogen) atoms. The highest BCUT2D eigenvalue weighted by Crippen LogP contribution is 2.30. The molecule has 0 atom stereocenters. The number of hydrogen-bond donors (Lipinski definition) is 1. The average molecular weight is 457 g/mol. The van der Waals surface area contributed by atoms with E-state index in [9.17, 15) is 9.59 Å². The van der Waals surface area contributed by atoms with Gasteiger partial charge in [-0.15, -0.1) is 0 Å². The second kappa shape index (κ2) is 11.6. The lowest BCUT2D eigenvalue weighted by molar-refractivity contribution is -0.129. The summed E-state index contributed by atoms with van der Waals surface area (Å²) in [6.45, 7) is 0.235. The second-order valence-electron chi connectivity index (χ2n) is 7.88. The molecule has 0 aliphatic heterocycles. The quantitative estimate of drug-likeness (QED) is 0.559. The van der Waals surface area contributed by atoms with Crippen LogP contribution in [0.2, 0.25) is 5.02 Å². The molecule has 1 fully saturated rings. The molecule has 2 N–H and O–H groups in total. The molecule has 3 rings (SSSR count). The van der Waals surface area contributed by atoms with Gasteiger partial charge in [-0.3, -0.25) is 9.59 Å². The molecule has 0 heterocycles. The highest BCUT2D eigenvalue weighted by atomic mass is 35.5. The number of ether oxygens (including phenoxy) is 2. The Labute approximate surface area is 193 Å². The van der Waals surface area contributed by atoms with Crippen LogP contribution in [0.3, 0.4) is 0 Å². The van der Waals surface area contributed by atoms with Crippen molar-refractivity contribution in [2.24, 2.45) is 5.73 Å². The Hall–Kier alpha value is -2.99. The van der Waals surface area contributed by atoms with Crippen LogP contribution >= 0.6 is 11.6 Å². The van der Waals surface area contributed by atoms with Crippen LogP contribution in [0, 0.1) is 0 Å². The Morgan fingerprint density at radius 2 is 1.81 bits per heavy atom.